The molecule has 2 aromatic heterocycles. The van der Waals surface area contributed by atoms with Crippen LogP contribution in [0, 0.1) is 0 Å². The van der Waals surface area contributed by atoms with Gasteiger partial charge in [0.1, 0.15) is 23.5 Å². The van der Waals surface area contributed by atoms with Crippen LogP contribution in [-0.2, 0) is 13.0 Å². The van der Waals surface area contributed by atoms with E-state index in [-0.39, 0.29) is 30.0 Å². The topological polar surface area (TPSA) is 80.3 Å². The zero-order chi connectivity index (χ0) is 19.9. The average molecular weight is 508 g/mol. The van der Waals surface area contributed by atoms with Crippen LogP contribution < -0.4 is 10.6 Å². The van der Waals surface area contributed by atoms with E-state index < -0.39 is 0 Å². The maximum Gasteiger partial charge on any atom is 0.192 e. The molecule has 3 rings (SSSR count). The third-order valence-electron chi connectivity index (χ3n) is 4.39. The normalized spacial score (nSPS) is 12.4. The number of aryl methyl sites for hydroxylation is 1. The maximum absolute atomic E-state index is 5.97. The minimum absolute atomic E-state index is 0. The Balaban J connectivity index is 0.00000300. The number of nitrogens with one attached hydrogen (secondary N) is 2. The Hall–Kier alpha value is -2.36. The summed E-state index contributed by atoms with van der Waals surface area (Å²) < 4.78 is 8.01. The highest BCUT2D eigenvalue weighted by Gasteiger charge is 2.13. The maximum atomic E-state index is 5.97. The summed E-state index contributed by atoms with van der Waals surface area (Å²) in [5, 5.41) is 16.0. The van der Waals surface area contributed by atoms with Gasteiger partial charge >= 0.3 is 0 Å². The molecule has 8 heteroatoms. The molecule has 0 amide bonds. The summed E-state index contributed by atoms with van der Waals surface area (Å²) in [6.07, 6.45) is 2.62. The van der Waals surface area contributed by atoms with E-state index in [0.29, 0.717) is 13.1 Å². The first-order chi connectivity index (χ1) is 13.6. The molecule has 3 aromatic rings. The van der Waals surface area contributed by atoms with Gasteiger partial charge in [-0.15, -0.1) is 34.2 Å². The van der Waals surface area contributed by atoms with Crippen LogP contribution in [0.4, 0.5) is 0 Å². The van der Waals surface area contributed by atoms with E-state index >= 15 is 0 Å². The molecule has 156 valence electrons. The van der Waals surface area contributed by atoms with Gasteiger partial charge in [0.25, 0.3) is 0 Å². The van der Waals surface area contributed by atoms with Crippen LogP contribution in [0.2, 0.25) is 0 Å². The van der Waals surface area contributed by atoms with Crippen LogP contribution in [0.15, 0.2) is 58.2 Å². The summed E-state index contributed by atoms with van der Waals surface area (Å²) in [7, 11) is 0. The Morgan fingerprint density at radius 1 is 1.34 bits per heavy atom. The number of aromatic nitrogens is 3. The molecule has 1 atom stereocenters. The second-order valence-corrected chi connectivity index (χ2v) is 6.90. The van der Waals surface area contributed by atoms with Crippen molar-refractivity contribution in [2.75, 3.05) is 13.1 Å². The lowest BCUT2D eigenvalue weighted by molar-refractivity contribution is 0.487. The van der Waals surface area contributed by atoms with Crippen LogP contribution in [0.25, 0.3) is 11.0 Å². The number of para-hydroxylation sites is 1. The second-order valence-electron chi connectivity index (χ2n) is 6.90. The molecule has 0 aliphatic rings. The molecule has 0 saturated carbocycles. The summed E-state index contributed by atoms with van der Waals surface area (Å²) >= 11 is 0. The van der Waals surface area contributed by atoms with E-state index in [4.69, 9.17) is 4.42 Å². The molecule has 0 aliphatic carbocycles. The number of halogens is 1. The van der Waals surface area contributed by atoms with E-state index in [1.807, 2.05) is 35.8 Å². The Kier molecular flexibility index (Phi) is 8.69. The van der Waals surface area contributed by atoms with Crippen LogP contribution in [0.1, 0.15) is 38.4 Å². The van der Waals surface area contributed by atoms with Gasteiger partial charge in [-0.25, -0.2) is 4.99 Å². The smallest absolute Gasteiger partial charge is 0.192 e. The highest BCUT2D eigenvalue weighted by Crippen LogP contribution is 2.23. The average Bonchev–Trinajstić information content (AvgIpc) is 3.32. The molecule has 29 heavy (non-hydrogen) atoms. The van der Waals surface area contributed by atoms with Crippen molar-refractivity contribution in [3.05, 3.63) is 60.4 Å². The second kappa shape index (κ2) is 11.0. The summed E-state index contributed by atoms with van der Waals surface area (Å²) in [5.74, 6) is 2.58. The molecule has 2 heterocycles. The largest absolute Gasteiger partial charge is 0.459 e. The minimum Gasteiger partial charge on any atom is -0.459 e. The molecule has 7 nitrogen and oxygen atoms in total. The third-order valence-corrected chi connectivity index (χ3v) is 4.39. The third kappa shape index (κ3) is 6.31. The quantitative estimate of drug-likeness (QED) is 0.208. The summed E-state index contributed by atoms with van der Waals surface area (Å²) in [5.41, 5.74) is 1.89. The Bertz CT molecular complexity index is 928. The van der Waals surface area contributed by atoms with Gasteiger partial charge in [-0.2, -0.15) is 0 Å². The number of furan rings is 1. The van der Waals surface area contributed by atoms with E-state index in [1.165, 1.54) is 0 Å². The molecule has 0 aliphatic heterocycles. The monoisotopic (exact) mass is 508 g/mol. The van der Waals surface area contributed by atoms with Crippen molar-refractivity contribution in [1.82, 2.24) is 25.4 Å². The van der Waals surface area contributed by atoms with Crippen molar-refractivity contribution < 1.29 is 4.42 Å². The molecule has 0 bridgehead atoms. The Morgan fingerprint density at radius 2 is 2.14 bits per heavy atom. The molecule has 0 radical (unpaired) electrons. The molecule has 0 spiro atoms. The fourth-order valence-corrected chi connectivity index (χ4v) is 2.89. The van der Waals surface area contributed by atoms with Crippen molar-refractivity contribution in [1.29, 1.82) is 0 Å². The number of hydrogen-bond donors (Lipinski definition) is 2. The number of fused-ring (bicyclic) bond motifs is 1. The molecular weight excluding hydrogens is 479 g/mol. The van der Waals surface area contributed by atoms with E-state index in [0.717, 1.165) is 47.1 Å². The van der Waals surface area contributed by atoms with Crippen molar-refractivity contribution in [3.63, 3.8) is 0 Å². The van der Waals surface area contributed by atoms with Gasteiger partial charge in [0, 0.05) is 24.9 Å². The lowest BCUT2D eigenvalue weighted by Crippen LogP contribution is -2.40. The number of rotatable bonds is 8. The SMILES string of the molecule is C=C(C)CN=C(NCCn1cnnc1CC)NC(C)c1cc2ccccc2o1.I. The first-order valence-electron chi connectivity index (χ1n) is 9.61. The summed E-state index contributed by atoms with van der Waals surface area (Å²) in [6, 6.07) is 10.1. The van der Waals surface area contributed by atoms with Gasteiger partial charge in [-0.3, -0.25) is 0 Å². The fourth-order valence-electron chi connectivity index (χ4n) is 2.89. The molecule has 2 N–H and O–H groups in total. The van der Waals surface area contributed by atoms with Crippen molar-refractivity contribution >= 4 is 40.9 Å². The Morgan fingerprint density at radius 3 is 2.86 bits per heavy atom. The van der Waals surface area contributed by atoms with Gasteiger partial charge in [-0.1, -0.05) is 37.3 Å². The lowest BCUT2D eigenvalue weighted by Gasteiger charge is -2.17. The number of aliphatic imine (C=N–C) groups is 1. The number of guanidine groups is 1. The van der Waals surface area contributed by atoms with Crippen LogP contribution in [0.5, 0.6) is 0 Å². The van der Waals surface area contributed by atoms with Crippen molar-refractivity contribution in [3.8, 4) is 0 Å². The standard InChI is InChI=1S/C21H28N6O.HI/c1-5-20-26-24-14-27(20)11-10-22-21(23-13-15(2)3)25-16(4)19-12-17-8-6-7-9-18(17)28-19;/h6-9,12,14,16H,2,5,10-11,13H2,1,3-4H3,(H2,22,23,25);1H. The lowest BCUT2D eigenvalue weighted by atomic mass is 10.2. The van der Waals surface area contributed by atoms with Gasteiger partial charge in [0.05, 0.1) is 12.6 Å². The minimum atomic E-state index is -0.0233. The van der Waals surface area contributed by atoms with E-state index in [2.05, 4.69) is 52.3 Å². The fraction of sp³-hybridized carbons (Fsp3) is 0.381. The first kappa shape index (κ1) is 22.9. The molecule has 1 aromatic carbocycles. The van der Waals surface area contributed by atoms with Gasteiger partial charge in [0.2, 0.25) is 0 Å². The zero-order valence-corrected chi connectivity index (χ0v) is 19.5. The predicted octanol–water partition coefficient (Wildman–Crippen LogP) is 4.08. The molecular formula is C21H29IN6O. The van der Waals surface area contributed by atoms with Crippen LogP contribution in [0.3, 0.4) is 0 Å². The number of hydrogen-bond acceptors (Lipinski definition) is 4. The summed E-state index contributed by atoms with van der Waals surface area (Å²) in [6.45, 7) is 12.1. The van der Waals surface area contributed by atoms with E-state index in [1.54, 1.807) is 6.33 Å². The van der Waals surface area contributed by atoms with Gasteiger partial charge < -0.3 is 19.6 Å². The van der Waals surface area contributed by atoms with Crippen molar-refractivity contribution in [2.24, 2.45) is 4.99 Å². The van der Waals surface area contributed by atoms with Gasteiger partial charge in [-0.05, 0) is 26.0 Å². The number of nitrogens with zero attached hydrogens (tertiary/aromatic N) is 4. The number of benzene rings is 1. The molecule has 0 fully saturated rings. The van der Waals surface area contributed by atoms with Crippen LogP contribution in [-0.4, -0.2) is 33.8 Å². The zero-order valence-electron chi connectivity index (χ0n) is 17.2. The molecule has 0 saturated heterocycles. The Labute approximate surface area is 188 Å². The highest BCUT2D eigenvalue weighted by molar-refractivity contribution is 14.0. The predicted molar refractivity (Wildman–Crippen MR) is 128 cm³/mol. The first-order valence-corrected chi connectivity index (χ1v) is 9.61. The summed E-state index contributed by atoms with van der Waals surface area (Å²) in [4.78, 5) is 4.62. The highest BCUT2D eigenvalue weighted by atomic mass is 127. The van der Waals surface area contributed by atoms with Crippen LogP contribution >= 0.6 is 24.0 Å². The van der Waals surface area contributed by atoms with Gasteiger partial charge in [0.15, 0.2) is 5.96 Å². The molecule has 1 unspecified atom stereocenters. The van der Waals surface area contributed by atoms with Crippen molar-refractivity contribution in [2.45, 2.75) is 39.8 Å². The van der Waals surface area contributed by atoms with E-state index in [9.17, 15) is 0 Å².